The molecule has 26 heavy (non-hydrogen) atoms. The minimum atomic E-state index is -0.640. The highest BCUT2D eigenvalue weighted by Gasteiger charge is 2.10. The van der Waals surface area contributed by atoms with Crippen molar-refractivity contribution in [3.63, 3.8) is 0 Å². The number of carbonyl (C=O) groups excluding carboxylic acids is 3. The molecule has 0 aromatic heterocycles. The molecule has 0 heterocycles. The Morgan fingerprint density at radius 2 is 1.54 bits per heavy atom. The van der Waals surface area contributed by atoms with Gasteiger partial charge < -0.3 is 15.4 Å². The maximum atomic E-state index is 11.9. The summed E-state index contributed by atoms with van der Waals surface area (Å²) in [5.74, 6) is -1.32. The van der Waals surface area contributed by atoms with Crippen LogP contribution >= 0.6 is 0 Å². The molecule has 0 spiro atoms. The van der Waals surface area contributed by atoms with Crippen LogP contribution < -0.4 is 10.6 Å². The number of hydrogen-bond acceptors (Lipinski definition) is 5. The SMILES string of the molecule is CC(=O)Nc1ccc(C(=O)OCC(=O)Nc2ccc(CC#N)cc2)cc1. The number of nitrogens with one attached hydrogen (secondary N) is 2. The summed E-state index contributed by atoms with van der Waals surface area (Å²) >= 11 is 0. The summed E-state index contributed by atoms with van der Waals surface area (Å²) in [5, 5.41) is 13.8. The Hall–Kier alpha value is -3.66. The van der Waals surface area contributed by atoms with Crippen LogP contribution in [0.4, 0.5) is 11.4 Å². The van der Waals surface area contributed by atoms with E-state index in [9.17, 15) is 14.4 Å². The minimum absolute atomic E-state index is 0.211. The van der Waals surface area contributed by atoms with Gasteiger partial charge in [-0.3, -0.25) is 9.59 Å². The largest absolute Gasteiger partial charge is 0.452 e. The Bertz CT molecular complexity index is 837. The van der Waals surface area contributed by atoms with E-state index in [1.165, 1.54) is 19.1 Å². The molecule has 0 saturated heterocycles. The van der Waals surface area contributed by atoms with Crippen molar-refractivity contribution in [2.75, 3.05) is 17.2 Å². The van der Waals surface area contributed by atoms with Gasteiger partial charge in [-0.15, -0.1) is 0 Å². The molecule has 2 aromatic carbocycles. The molecule has 0 bridgehead atoms. The predicted molar refractivity (Wildman–Crippen MR) is 95.4 cm³/mol. The molecule has 0 atom stereocenters. The van der Waals surface area contributed by atoms with E-state index in [2.05, 4.69) is 10.6 Å². The first kappa shape index (κ1) is 18.7. The van der Waals surface area contributed by atoms with Gasteiger partial charge in [0.1, 0.15) is 0 Å². The number of benzene rings is 2. The number of amides is 2. The molecule has 7 nitrogen and oxygen atoms in total. The molecule has 7 heteroatoms. The molecule has 0 aliphatic heterocycles. The highest BCUT2D eigenvalue weighted by Crippen LogP contribution is 2.12. The summed E-state index contributed by atoms with van der Waals surface area (Å²) in [6.45, 7) is 0.962. The van der Waals surface area contributed by atoms with Crippen LogP contribution in [0.25, 0.3) is 0 Å². The quantitative estimate of drug-likeness (QED) is 0.777. The van der Waals surface area contributed by atoms with Crippen LogP contribution in [0.2, 0.25) is 0 Å². The Morgan fingerprint density at radius 1 is 0.962 bits per heavy atom. The van der Waals surface area contributed by atoms with E-state index in [4.69, 9.17) is 10.00 Å². The summed E-state index contributed by atoms with van der Waals surface area (Å²) in [6, 6.07) is 15.0. The molecule has 2 rings (SSSR count). The fourth-order valence-electron chi connectivity index (χ4n) is 2.10. The summed E-state index contributed by atoms with van der Waals surface area (Å²) in [7, 11) is 0. The van der Waals surface area contributed by atoms with Crippen molar-refractivity contribution in [1.82, 2.24) is 0 Å². The second-order valence-corrected chi connectivity index (χ2v) is 5.41. The molecule has 132 valence electrons. The molecule has 0 radical (unpaired) electrons. The van der Waals surface area contributed by atoms with Gasteiger partial charge in [-0.2, -0.15) is 5.26 Å². The average molecular weight is 351 g/mol. The number of rotatable bonds is 6. The van der Waals surface area contributed by atoms with E-state index in [0.717, 1.165) is 5.56 Å². The second-order valence-electron chi connectivity index (χ2n) is 5.41. The summed E-state index contributed by atoms with van der Waals surface area (Å²) < 4.78 is 4.96. The lowest BCUT2D eigenvalue weighted by Gasteiger charge is -2.08. The first-order valence-electron chi connectivity index (χ1n) is 7.78. The van der Waals surface area contributed by atoms with Crippen LogP contribution in [0, 0.1) is 11.3 Å². The third kappa shape index (κ3) is 5.76. The lowest BCUT2D eigenvalue weighted by atomic mass is 10.1. The van der Waals surface area contributed by atoms with Crippen LogP contribution in [0.5, 0.6) is 0 Å². The number of esters is 1. The monoisotopic (exact) mass is 351 g/mol. The third-order valence-corrected chi connectivity index (χ3v) is 3.30. The van der Waals surface area contributed by atoms with Gasteiger partial charge in [0, 0.05) is 18.3 Å². The zero-order chi connectivity index (χ0) is 18.9. The molecule has 0 aliphatic rings. The van der Waals surface area contributed by atoms with E-state index in [0.29, 0.717) is 17.8 Å². The van der Waals surface area contributed by atoms with Crippen molar-refractivity contribution in [2.24, 2.45) is 0 Å². The predicted octanol–water partition coefficient (Wildman–Crippen LogP) is 2.51. The summed E-state index contributed by atoms with van der Waals surface area (Å²) in [5.41, 5.74) is 2.23. The lowest BCUT2D eigenvalue weighted by Crippen LogP contribution is -2.21. The molecule has 0 unspecified atom stereocenters. The highest BCUT2D eigenvalue weighted by atomic mass is 16.5. The molecular weight excluding hydrogens is 334 g/mol. The third-order valence-electron chi connectivity index (χ3n) is 3.30. The fourth-order valence-corrected chi connectivity index (χ4v) is 2.10. The molecular formula is C19H17N3O4. The van der Waals surface area contributed by atoms with Gasteiger partial charge in [0.2, 0.25) is 5.91 Å². The van der Waals surface area contributed by atoms with Crippen LogP contribution in [0.15, 0.2) is 48.5 Å². The first-order chi connectivity index (χ1) is 12.5. The van der Waals surface area contributed by atoms with Crippen molar-refractivity contribution in [1.29, 1.82) is 5.26 Å². The van der Waals surface area contributed by atoms with Crippen molar-refractivity contribution >= 4 is 29.2 Å². The Morgan fingerprint density at radius 3 is 2.12 bits per heavy atom. The van der Waals surface area contributed by atoms with Gasteiger partial charge in [-0.1, -0.05) is 12.1 Å². The van der Waals surface area contributed by atoms with E-state index < -0.39 is 18.5 Å². The Labute approximate surface area is 150 Å². The first-order valence-corrected chi connectivity index (χ1v) is 7.78. The van der Waals surface area contributed by atoms with Gasteiger partial charge in [0.25, 0.3) is 5.91 Å². The van der Waals surface area contributed by atoms with Crippen molar-refractivity contribution in [3.8, 4) is 6.07 Å². The zero-order valence-corrected chi connectivity index (χ0v) is 14.1. The maximum absolute atomic E-state index is 11.9. The van der Waals surface area contributed by atoms with Crippen LogP contribution in [0.3, 0.4) is 0 Å². The zero-order valence-electron chi connectivity index (χ0n) is 14.1. The fraction of sp³-hybridized carbons (Fsp3) is 0.158. The minimum Gasteiger partial charge on any atom is -0.452 e. The maximum Gasteiger partial charge on any atom is 0.338 e. The Kier molecular flexibility index (Phi) is 6.46. The number of nitriles is 1. The van der Waals surface area contributed by atoms with Gasteiger partial charge in [0.15, 0.2) is 6.61 Å². The Balaban J connectivity index is 1.83. The molecule has 0 aliphatic carbocycles. The number of hydrogen-bond donors (Lipinski definition) is 2. The van der Waals surface area contributed by atoms with E-state index in [1.807, 2.05) is 6.07 Å². The smallest absolute Gasteiger partial charge is 0.338 e. The average Bonchev–Trinajstić information content (AvgIpc) is 2.62. The number of nitrogens with zero attached hydrogens (tertiary/aromatic N) is 1. The normalized spacial score (nSPS) is 9.69. The van der Waals surface area contributed by atoms with E-state index in [1.54, 1.807) is 36.4 Å². The summed E-state index contributed by atoms with van der Waals surface area (Å²) in [4.78, 5) is 34.7. The van der Waals surface area contributed by atoms with Gasteiger partial charge >= 0.3 is 5.97 Å². The van der Waals surface area contributed by atoms with Crippen LogP contribution in [0.1, 0.15) is 22.8 Å². The standard InChI is InChI=1S/C19H17N3O4/c1-13(23)21-16-8-4-15(5-9-16)19(25)26-12-18(24)22-17-6-2-14(3-7-17)10-11-20/h2-9H,10,12H2,1H3,(H,21,23)(H,22,24). The molecule has 2 amide bonds. The lowest BCUT2D eigenvalue weighted by molar-refractivity contribution is -0.119. The van der Waals surface area contributed by atoms with Gasteiger partial charge in [0.05, 0.1) is 18.1 Å². The van der Waals surface area contributed by atoms with E-state index >= 15 is 0 Å². The summed E-state index contributed by atoms with van der Waals surface area (Å²) in [6.07, 6.45) is 0.298. The van der Waals surface area contributed by atoms with Crippen molar-refractivity contribution < 1.29 is 19.1 Å². The van der Waals surface area contributed by atoms with Gasteiger partial charge in [-0.25, -0.2) is 4.79 Å². The number of ether oxygens (including phenoxy) is 1. The number of carbonyl (C=O) groups is 3. The highest BCUT2D eigenvalue weighted by molar-refractivity contribution is 5.96. The molecule has 0 saturated carbocycles. The van der Waals surface area contributed by atoms with Crippen molar-refractivity contribution in [2.45, 2.75) is 13.3 Å². The van der Waals surface area contributed by atoms with Gasteiger partial charge in [-0.05, 0) is 42.0 Å². The topological polar surface area (TPSA) is 108 Å². The second kappa shape index (κ2) is 8.99. The van der Waals surface area contributed by atoms with Crippen molar-refractivity contribution in [3.05, 3.63) is 59.7 Å². The molecule has 0 fully saturated rings. The molecule has 2 N–H and O–H groups in total. The van der Waals surface area contributed by atoms with E-state index in [-0.39, 0.29) is 11.5 Å². The molecule has 2 aromatic rings. The number of anilines is 2. The van der Waals surface area contributed by atoms with Crippen LogP contribution in [-0.2, 0) is 20.7 Å². The van der Waals surface area contributed by atoms with Crippen LogP contribution in [-0.4, -0.2) is 24.4 Å².